The predicted octanol–water partition coefficient (Wildman–Crippen LogP) is 0.308. The summed E-state index contributed by atoms with van der Waals surface area (Å²) in [6.45, 7) is 2.52. The van der Waals surface area contributed by atoms with Crippen LogP contribution in [0.3, 0.4) is 0 Å². The maximum Gasteiger partial charge on any atom is 0.204 e. The van der Waals surface area contributed by atoms with Gasteiger partial charge in [0.25, 0.3) is 0 Å². The summed E-state index contributed by atoms with van der Waals surface area (Å²) in [5.41, 5.74) is 1.64. The molecule has 0 amide bonds. The Morgan fingerprint density at radius 1 is 1.72 bits per heavy atom. The fourth-order valence-electron chi connectivity index (χ4n) is 1.22. The first kappa shape index (κ1) is 14.2. The molecule has 8 heteroatoms. The number of nitriles is 1. The normalized spacial score (nSPS) is 11.1. The molecule has 0 aliphatic heterocycles. The Morgan fingerprint density at radius 2 is 2.50 bits per heavy atom. The standard InChI is InChI=1S/C10H16N6OS/c1-8-9(15-7-16(8)17)5-18-4-3-13-10(12-2)14-6-11/h7,17H,3-5H2,1-2H3,(H2,12,13,14). The van der Waals surface area contributed by atoms with Crippen LogP contribution in [0, 0.1) is 18.4 Å². The summed E-state index contributed by atoms with van der Waals surface area (Å²) < 4.78 is 1.02. The highest BCUT2D eigenvalue weighted by Crippen LogP contribution is 2.12. The minimum Gasteiger partial charge on any atom is -0.427 e. The van der Waals surface area contributed by atoms with E-state index < -0.39 is 0 Å². The average molecular weight is 268 g/mol. The van der Waals surface area contributed by atoms with Crippen molar-refractivity contribution in [1.29, 1.82) is 5.26 Å². The van der Waals surface area contributed by atoms with Crippen LogP contribution >= 0.6 is 11.8 Å². The zero-order valence-corrected chi connectivity index (χ0v) is 11.2. The van der Waals surface area contributed by atoms with Crippen molar-refractivity contribution >= 4 is 17.7 Å². The van der Waals surface area contributed by atoms with Crippen molar-refractivity contribution in [3.05, 3.63) is 17.7 Å². The predicted molar refractivity (Wildman–Crippen MR) is 70.4 cm³/mol. The number of nitrogens with one attached hydrogen (secondary N) is 2. The number of aliphatic imine (C=N–C) groups is 1. The lowest BCUT2D eigenvalue weighted by molar-refractivity contribution is 0.179. The van der Waals surface area contributed by atoms with E-state index >= 15 is 0 Å². The minimum atomic E-state index is 0.467. The van der Waals surface area contributed by atoms with Crippen molar-refractivity contribution < 1.29 is 5.21 Å². The molecular formula is C10H16N6OS. The fourth-order valence-corrected chi connectivity index (χ4v) is 2.09. The monoisotopic (exact) mass is 268 g/mol. The Hall–Kier alpha value is -1.88. The Morgan fingerprint density at radius 3 is 3.06 bits per heavy atom. The van der Waals surface area contributed by atoms with Gasteiger partial charge in [0.2, 0.25) is 5.96 Å². The molecule has 0 unspecified atom stereocenters. The highest BCUT2D eigenvalue weighted by atomic mass is 32.2. The SMILES string of the molecule is CN=C(NC#N)NCCSCc1ncn(O)c1C. The van der Waals surface area contributed by atoms with E-state index in [1.165, 1.54) is 6.33 Å². The van der Waals surface area contributed by atoms with Crippen LogP contribution in [0.25, 0.3) is 0 Å². The van der Waals surface area contributed by atoms with Crippen LogP contribution < -0.4 is 10.6 Å². The molecule has 0 fully saturated rings. The third-order valence-electron chi connectivity index (χ3n) is 2.26. The first-order valence-corrected chi connectivity index (χ1v) is 6.50. The van der Waals surface area contributed by atoms with Gasteiger partial charge in [0.1, 0.15) is 6.33 Å². The molecule has 0 aromatic carbocycles. The number of imidazole rings is 1. The van der Waals surface area contributed by atoms with Crippen molar-refractivity contribution in [1.82, 2.24) is 20.3 Å². The largest absolute Gasteiger partial charge is 0.427 e. The molecule has 18 heavy (non-hydrogen) atoms. The van der Waals surface area contributed by atoms with Crippen LogP contribution in [0.4, 0.5) is 0 Å². The van der Waals surface area contributed by atoms with Gasteiger partial charge in [0, 0.05) is 25.1 Å². The van der Waals surface area contributed by atoms with Crippen LogP contribution in [-0.2, 0) is 5.75 Å². The summed E-state index contributed by atoms with van der Waals surface area (Å²) in [6, 6.07) is 0. The number of rotatable bonds is 5. The van der Waals surface area contributed by atoms with E-state index in [9.17, 15) is 5.21 Å². The maximum atomic E-state index is 9.28. The molecule has 0 aliphatic rings. The number of nitrogens with zero attached hydrogens (tertiary/aromatic N) is 4. The van der Waals surface area contributed by atoms with Gasteiger partial charge in [-0.25, -0.2) is 4.98 Å². The molecule has 3 N–H and O–H groups in total. The van der Waals surface area contributed by atoms with Gasteiger partial charge in [0.05, 0.1) is 11.4 Å². The van der Waals surface area contributed by atoms with Gasteiger partial charge in [-0.2, -0.15) is 21.8 Å². The maximum absolute atomic E-state index is 9.28. The van der Waals surface area contributed by atoms with Crippen LogP contribution in [0.2, 0.25) is 0 Å². The van der Waals surface area contributed by atoms with E-state index in [1.54, 1.807) is 25.0 Å². The molecule has 98 valence electrons. The van der Waals surface area contributed by atoms with Crippen LogP contribution in [0.1, 0.15) is 11.4 Å². The number of hydrogen-bond acceptors (Lipinski definition) is 5. The van der Waals surface area contributed by atoms with Crippen LogP contribution in [0.15, 0.2) is 11.3 Å². The van der Waals surface area contributed by atoms with Crippen LogP contribution in [-0.4, -0.2) is 40.2 Å². The molecule has 7 nitrogen and oxygen atoms in total. The zero-order valence-electron chi connectivity index (χ0n) is 10.3. The van der Waals surface area contributed by atoms with Crippen molar-refractivity contribution in [2.75, 3.05) is 19.3 Å². The third-order valence-corrected chi connectivity index (χ3v) is 3.23. The van der Waals surface area contributed by atoms with E-state index in [4.69, 9.17) is 5.26 Å². The molecule has 1 aromatic heterocycles. The second-order valence-corrected chi connectivity index (χ2v) is 4.51. The summed E-state index contributed by atoms with van der Waals surface area (Å²) in [6.07, 6.45) is 3.20. The zero-order chi connectivity index (χ0) is 13.4. The molecule has 0 spiro atoms. The molecule has 0 aliphatic carbocycles. The first-order chi connectivity index (χ1) is 8.69. The molecule has 0 saturated carbocycles. The Bertz CT molecular complexity index is 450. The van der Waals surface area contributed by atoms with Crippen molar-refractivity contribution in [3.63, 3.8) is 0 Å². The van der Waals surface area contributed by atoms with Crippen LogP contribution in [0.5, 0.6) is 0 Å². The molecule has 0 radical (unpaired) electrons. The number of thioether (sulfide) groups is 1. The Balaban J connectivity index is 2.20. The van der Waals surface area contributed by atoms with E-state index in [0.29, 0.717) is 12.5 Å². The van der Waals surface area contributed by atoms with Gasteiger partial charge >= 0.3 is 0 Å². The van der Waals surface area contributed by atoms with Crippen molar-refractivity contribution in [3.8, 4) is 6.19 Å². The first-order valence-electron chi connectivity index (χ1n) is 5.34. The van der Waals surface area contributed by atoms with Gasteiger partial charge in [0.15, 0.2) is 6.19 Å². The molecule has 1 heterocycles. The third kappa shape index (κ3) is 4.18. The second-order valence-electron chi connectivity index (χ2n) is 3.41. The number of hydrogen-bond donors (Lipinski definition) is 3. The molecule has 0 bridgehead atoms. The molecule has 1 rings (SSSR count). The van der Waals surface area contributed by atoms with E-state index in [1.807, 2.05) is 6.92 Å². The summed E-state index contributed by atoms with van der Waals surface area (Å²) in [5.74, 6) is 2.06. The lowest BCUT2D eigenvalue weighted by Gasteiger charge is -2.06. The lowest BCUT2D eigenvalue weighted by Crippen LogP contribution is -2.35. The second kappa shape index (κ2) is 7.45. The van der Waals surface area contributed by atoms with Gasteiger partial charge in [-0.3, -0.25) is 10.3 Å². The summed E-state index contributed by atoms with van der Waals surface area (Å²) in [5, 5.41) is 23.2. The summed E-state index contributed by atoms with van der Waals surface area (Å²) >= 11 is 1.69. The van der Waals surface area contributed by atoms with E-state index in [-0.39, 0.29) is 0 Å². The molecule has 0 atom stereocenters. The van der Waals surface area contributed by atoms with Gasteiger partial charge in [-0.05, 0) is 6.92 Å². The van der Waals surface area contributed by atoms with E-state index in [0.717, 1.165) is 27.6 Å². The minimum absolute atomic E-state index is 0.467. The highest BCUT2D eigenvalue weighted by Gasteiger charge is 2.05. The van der Waals surface area contributed by atoms with Gasteiger partial charge in [-0.15, -0.1) is 0 Å². The topological polar surface area (TPSA) is 98.3 Å². The quantitative estimate of drug-likeness (QED) is 0.177. The summed E-state index contributed by atoms with van der Waals surface area (Å²) in [7, 11) is 1.61. The van der Waals surface area contributed by atoms with Crippen molar-refractivity contribution in [2.45, 2.75) is 12.7 Å². The fraction of sp³-hybridized carbons (Fsp3) is 0.500. The molecule has 1 aromatic rings. The Labute approximate surface area is 110 Å². The smallest absolute Gasteiger partial charge is 0.204 e. The molecular weight excluding hydrogens is 252 g/mol. The summed E-state index contributed by atoms with van der Waals surface area (Å²) in [4.78, 5) is 7.95. The number of aromatic nitrogens is 2. The molecule has 0 saturated heterocycles. The highest BCUT2D eigenvalue weighted by molar-refractivity contribution is 7.98. The lowest BCUT2D eigenvalue weighted by atomic mass is 10.4. The van der Waals surface area contributed by atoms with Gasteiger partial charge < -0.3 is 10.5 Å². The van der Waals surface area contributed by atoms with Crippen molar-refractivity contribution in [2.24, 2.45) is 4.99 Å². The Kier molecular flexibility index (Phi) is 5.87. The number of guanidine groups is 1. The average Bonchev–Trinajstić information content (AvgIpc) is 2.69. The van der Waals surface area contributed by atoms with E-state index in [2.05, 4.69) is 20.6 Å². The van der Waals surface area contributed by atoms with Gasteiger partial charge in [-0.1, -0.05) is 0 Å².